The summed E-state index contributed by atoms with van der Waals surface area (Å²) in [5.41, 5.74) is 0.406. The molecule has 0 aliphatic rings. The Bertz CT molecular complexity index is 462. The lowest BCUT2D eigenvalue weighted by Crippen LogP contribution is -2.30. The summed E-state index contributed by atoms with van der Waals surface area (Å²) in [5.74, 6) is -0.412. The lowest BCUT2D eigenvalue weighted by atomic mass is 10.2. The van der Waals surface area contributed by atoms with Crippen molar-refractivity contribution in [1.29, 1.82) is 5.26 Å². The molecule has 1 N–H and O–H groups in total. The van der Waals surface area contributed by atoms with Crippen molar-refractivity contribution in [3.8, 4) is 11.8 Å². The number of nitriles is 1. The van der Waals surface area contributed by atoms with E-state index in [4.69, 9.17) is 10.00 Å². The third-order valence-corrected chi connectivity index (χ3v) is 2.04. The monoisotopic (exact) mass is 248 g/mol. The molecule has 6 heteroatoms. The molecule has 0 radical (unpaired) electrons. The van der Waals surface area contributed by atoms with E-state index < -0.39 is 11.9 Å². The summed E-state index contributed by atoms with van der Waals surface area (Å²) in [7, 11) is 1.53. The van der Waals surface area contributed by atoms with Crippen LogP contribution in [-0.2, 0) is 9.53 Å². The Morgan fingerprint density at radius 1 is 1.33 bits per heavy atom. The van der Waals surface area contributed by atoms with Gasteiger partial charge in [0, 0.05) is 5.56 Å². The standard InChI is InChI=1S/C12H12N2O4/c1-17-10-4-2-9(3-5-10)12(16)14-8-11(15)18-7-6-13/h2-5H,7-8H2,1H3,(H,14,16). The number of carbonyl (C=O) groups excluding carboxylic acids is 2. The summed E-state index contributed by atoms with van der Waals surface area (Å²) in [5, 5.41) is 10.6. The molecule has 94 valence electrons. The smallest absolute Gasteiger partial charge is 0.326 e. The van der Waals surface area contributed by atoms with Crippen molar-refractivity contribution in [2.45, 2.75) is 0 Å². The average molecular weight is 248 g/mol. The maximum atomic E-state index is 11.6. The Labute approximate surface area is 104 Å². The van der Waals surface area contributed by atoms with Crippen molar-refractivity contribution in [2.24, 2.45) is 0 Å². The number of carbonyl (C=O) groups is 2. The predicted octanol–water partition coefficient (Wildman–Crippen LogP) is 0.492. The van der Waals surface area contributed by atoms with Gasteiger partial charge in [0.05, 0.1) is 7.11 Å². The first-order chi connectivity index (χ1) is 8.67. The molecule has 0 unspecified atom stereocenters. The minimum atomic E-state index is -0.654. The van der Waals surface area contributed by atoms with Gasteiger partial charge in [0.25, 0.3) is 5.91 Å². The summed E-state index contributed by atoms with van der Waals surface area (Å²) in [6.45, 7) is -0.593. The summed E-state index contributed by atoms with van der Waals surface area (Å²) in [6, 6.07) is 8.10. The molecule has 6 nitrogen and oxygen atoms in total. The molecular weight excluding hydrogens is 236 g/mol. The van der Waals surface area contributed by atoms with Gasteiger partial charge in [-0.25, -0.2) is 0 Å². The molecule has 1 aromatic rings. The molecule has 0 aliphatic carbocycles. The van der Waals surface area contributed by atoms with Gasteiger partial charge >= 0.3 is 5.97 Å². The number of amides is 1. The van der Waals surface area contributed by atoms with Gasteiger partial charge in [0.2, 0.25) is 0 Å². The van der Waals surface area contributed by atoms with E-state index in [0.29, 0.717) is 11.3 Å². The maximum absolute atomic E-state index is 11.6. The van der Waals surface area contributed by atoms with Gasteiger partial charge in [-0.15, -0.1) is 0 Å². The van der Waals surface area contributed by atoms with Crippen LogP contribution in [0.5, 0.6) is 5.75 Å². The molecule has 0 fully saturated rings. The van der Waals surface area contributed by atoms with Crippen LogP contribution >= 0.6 is 0 Å². The number of esters is 1. The Morgan fingerprint density at radius 2 is 2.00 bits per heavy atom. The van der Waals surface area contributed by atoms with Crippen molar-refractivity contribution < 1.29 is 19.1 Å². The van der Waals surface area contributed by atoms with Crippen LogP contribution in [-0.4, -0.2) is 32.1 Å². The molecule has 0 atom stereocenters. The molecule has 18 heavy (non-hydrogen) atoms. The highest BCUT2D eigenvalue weighted by atomic mass is 16.5. The highest BCUT2D eigenvalue weighted by Gasteiger charge is 2.08. The predicted molar refractivity (Wildman–Crippen MR) is 61.9 cm³/mol. The second kappa shape index (κ2) is 6.91. The first kappa shape index (κ1) is 13.5. The molecule has 0 saturated heterocycles. The quantitative estimate of drug-likeness (QED) is 0.766. The number of methoxy groups -OCH3 is 1. The van der Waals surface area contributed by atoms with E-state index in [-0.39, 0.29) is 13.2 Å². The molecular formula is C12H12N2O4. The van der Waals surface area contributed by atoms with Crippen molar-refractivity contribution in [3.05, 3.63) is 29.8 Å². The normalized spacial score (nSPS) is 9.11. The zero-order chi connectivity index (χ0) is 13.4. The summed E-state index contributed by atoms with van der Waals surface area (Å²) >= 11 is 0. The van der Waals surface area contributed by atoms with Crippen molar-refractivity contribution in [1.82, 2.24) is 5.32 Å². The number of ether oxygens (including phenoxy) is 2. The van der Waals surface area contributed by atoms with Gasteiger partial charge in [0.15, 0.2) is 6.61 Å². The van der Waals surface area contributed by atoms with Gasteiger partial charge in [0.1, 0.15) is 18.4 Å². The Balaban J connectivity index is 2.45. The maximum Gasteiger partial charge on any atom is 0.326 e. The zero-order valence-corrected chi connectivity index (χ0v) is 9.80. The van der Waals surface area contributed by atoms with Crippen LogP contribution in [0.4, 0.5) is 0 Å². The van der Waals surface area contributed by atoms with Crippen LogP contribution in [0.2, 0.25) is 0 Å². The summed E-state index contributed by atoms with van der Waals surface area (Å²) < 4.78 is 9.43. The molecule has 0 heterocycles. The van der Waals surface area contributed by atoms with Gasteiger partial charge in [-0.2, -0.15) is 5.26 Å². The first-order valence-corrected chi connectivity index (χ1v) is 5.12. The molecule has 0 spiro atoms. The van der Waals surface area contributed by atoms with E-state index in [2.05, 4.69) is 10.1 Å². The third kappa shape index (κ3) is 4.14. The first-order valence-electron chi connectivity index (χ1n) is 5.12. The number of nitrogens with zero attached hydrogens (tertiary/aromatic N) is 1. The number of hydrogen-bond acceptors (Lipinski definition) is 5. The molecule has 1 amide bonds. The second-order valence-electron chi connectivity index (χ2n) is 3.23. The Morgan fingerprint density at radius 3 is 2.56 bits per heavy atom. The minimum Gasteiger partial charge on any atom is -0.497 e. The highest BCUT2D eigenvalue weighted by Crippen LogP contribution is 2.10. The highest BCUT2D eigenvalue weighted by molar-refractivity contribution is 5.96. The number of nitrogens with one attached hydrogen (secondary N) is 1. The zero-order valence-electron chi connectivity index (χ0n) is 9.80. The van der Waals surface area contributed by atoms with Gasteiger partial charge < -0.3 is 14.8 Å². The van der Waals surface area contributed by atoms with Crippen LogP contribution in [0.15, 0.2) is 24.3 Å². The van der Waals surface area contributed by atoms with E-state index in [1.165, 1.54) is 7.11 Å². The largest absolute Gasteiger partial charge is 0.497 e. The average Bonchev–Trinajstić information content (AvgIpc) is 2.42. The topological polar surface area (TPSA) is 88.4 Å². The van der Waals surface area contributed by atoms with E-state index >= 15 is 0 Å². The third-order valence-electron chi connectivity index (χ3n) is 2.04. The number of benzene rings is 1. The van der Waals surface area contributed by atoms with Crippen LogP contribution < -0.4 is 10.1 Å². The fourth-order valence-electron chi connectivity index (χ4n) is 1.16. The second-order valence-corrected chi connectivity index (χ2v) is 3.23. The van der Waals surface area contributed by atoms with Crippen LogP contribution in [0, 0.1) is 11.3 Å². The Hall–Kier alpha value is -2.55. The van der Waals surface area contributed by atoms with E-state index in [1.54, 1.807) is 30.3 Å². The summed E-state index contributed by atoms with van der Waals surface area (Å²) in [6.07, 6.45) is 0. The van der Waals surface area contributed by atoms with Gasteiger partial charge in [-0.1, -0.05) is 0 Å². The fraction of sp³-hybridized carbons (Fsp3) is 0.250. The van der Waals surface area contributed by atoms with Crippen molar-refractivity contribution >= 4 is 11.9 Å². The summed E-state index contributed by atoms with van der Waals surface area (Å²) in [4.78, 5) is 22.6. The molecule has 0 aromatic heterocycles. The van der Waals surface area contributed by atoms with Crippen molar-refractivity contribution in [2.75, 3.05) is 20.3 Å². The molecule has 0 aliphatic heterocycles. The minimum absolute atomic E-state index is 0.271. The van der Waals surface area contributed by atoms with Crippen molar-refractivity contribution in [3.63, 3.8) is 0 Å². The molecule has 1 aromatic carbocycles. The van der Waals surface area contributed by atoms with Crippen LogP contribution in [0.3, 0.4) is 0 Å². The van der Waals surface area contributed by atoms with E-state index in [0.717, 1.165) is 0 Å². The van der Waals surface area contributed by atoms with Crippen LogP contribution in [0.25, 0.3) is 0 Å². The number of hydrogen-bond donors (Lipinski definition) is 1. The Kier molecular flexibility index (Phi) is 5.19. The van der Waals surface area contributed by atoms with Gasteiger partial charge in [-0.05, 0) is 24.3 Å². The van der Waals surface area contributed by atoms with E-state index in [1.807, 2.05) is 0 Å². The van der Waals surface area contributed by atoms with Gasteiger partial charge in [-0.3, -0.25) is 9.59 Å². The molecule has 0 saturated carbocycles. The lowest BCUT2D eigenvalue weighted by Gasteiger charge is -2.05. The SMILES string of the molecule is COc1ccc(C(=O)NCC(=O)OCC#N)cc1. The number of rotatable bonds is 5. The van der Waals surface area contributed by atoms with E-state index in [9.17, 15) is 9.59 Å². The molecule has 1 rings (SSSR count). The van der Waals surface area contributed by atoms with Crippen LogP contribution in [0.1, 0.15) is 10.4 Å². The molecule has 0 bridgehead atoms. The lowest BCUT2D eigenvalue weighted by molar-refractivity contribution is -0.140. The fourth-order valence-corrected chi connectivity index (χ4v) is 1.16.